The van der Waals surface area contributed by atoms with Crippen LogP contribution in [0.15, 0.2) is 23.1 Å². The summed E-state index contributed by atoms with van der Waals surface area (Å²) in [6.07, 6.45) is 1.84. The molecule has 1 atom stereocenters. The second-order valence-electron chi connectivity index (χ2n) is 6.03. The van der Waals surface area contributed by atoms with Crippen molar-refractivity contribution in [3.8, 4) is 5.75 Å². The van der Waals surface area contributed by atoms with Crippen molar-refractivity contribution in [1.82, 2.24) is 4.72 Å². The van der Waals surface area contributed by atoms with Crippen LogP contribution in [0.3, 0.4) is 0 Å². The quantitative estimate of drug-likeness (QED) is 0.675. The molecule has 1 aromatic rings. The van der Waals surface area contributed by atoms with E-state index in [-0.39, 0.29) is 10.9 Å². The SMILES string of the molecule is CC[NH+](CC)CCC[C@@H](C)NS(=O)(=O)c1cc(C)ccc1OC. The third kappa shape index (κ3) is 6.12. The first-order valence-corrected chi connectivity index (χ1v) is 9.82. The lowest BCUT2D eigenvalue weighted by Gasteiger charge is -2.18. The van der Waals surface area contributed by atoms with Gasteiger partial charge in [0.05, 0.1) is 26.7 Å². The van der Waals surface area contributed by atoms with E-state index in [4.69, 9.17) is 4.74 Å². The van der Waals surface area contributed by atoms with E-state index in [0.29, 0.717) is 5.75 Å². The summed E-state index contributed by atoms with van der Waals surface area (Å²) in [7, 11) is -2.08. The second-order valence-corrected chi connectivity index (χ2v) is 7.71. The van der Waals surface area contributed by atoms with E-state index in [2.05, 4.69) is 18.6 Å². The zero-order chi connectivity index (χ0) is 17.5. The van der Waals surface area contributed by atoms with Gasteiger partial charge in [-0.15, -0.1) is 0 Å². The lowest BCUT2D eigenvalue weighted by molar-refractivity contribution is -0.896. The van der Waals surface area contributed by atoms with Crippen LogP contribution in [0.25, 0.3) is 0 Å². The molecule has 0 bridgehead atoms. The van der Waals surface area contributed by atoms with E-state index < -0.39 is 10.0 Å². The van der Waals surface area contributed by atoms with Gasteiger partial charge in [-0.1, -0.05) is 6.07 Å². The molecule has 1 aromatic carbocycles. The van der Waals surface area contributed by atoms with Crippen LogP contribution in [0, 0.1) is 6.92 Å². The smallest absolute Gasteiger partial charge is 0.244 e. The van der Waals surface area contributed by atoms with Gasteiger partial charge in [0.25, 0.3) is 0 Å². The van der Waals surface area contributed by atoms with Gasteiger partial charge in [-0.2, -0.15) is 0 Å². The van der Waals surface area contributed by atoms with Gasteiger partial charge < -0.3 is 9.64 Å². The van der Waals surface area contributed by atoms with Crippen molar-refractivity contribution in [3.05, 3.63) is 23.8 Å². The number of ether oxygens (including phenoxy) is 1. The van der Waals surface area contributed by atoms with Crippen molar-refractivity contribution >= 4 is 10.0 Å². The Kier molecular flexibility index (Phi) is 8.02. The van der Waals surface area contributed by atoms with Crippen molar-refractivity contribution in [2.24, 2.45) is 0 Å². The minimum absolute atomic E-state index is 0.0971. The average molecular weight is 344 g/mol. The van der Waals surface area contributed by atoms with Crippen LogP contribution in [0.2, 0.25) is 0 Å². The summed E-state index contributed by atoms with van der Waals surface area (Å²) >= 11 is 0. The Balaban J connectivity index is 2.69. The summed E-state index contributed by atoms with van der Waals surface area (Å²) in [5.74, 6) is 0.378. The van der Waals surface area contributed by atoms with Crippen molar-refractivity contribution in [1.29, 1.82) is 0 Å². The number of nitrogens with one attached hydrogen (secondary N) is 2. The van der Waals surface area contributed by atoms with Gasteiger partial charge in [-0.25, -0.2) is 13.1 Å². The Hall–Kier alpha value is -1.11. The molecule has 0 radical (unpaired) electrons. The van der Waals surface area contributed by atoms with Crippen LogP contribution >= 0.6 is 0 Å². The van der Waals surface area contributed by atoms with E-state index in [1.807, 2.05) is 19.9 Å². The molecule has 0 amide bonds. The minimum Gasteiger partial charge on any atom is -0.495 e. The molecule has 6 heteroatoms. The van der Waals surface area contributed by atoms with E-state index in [0.717, 1.165) is 38.0 Å². The normalized spacial score (nSPS) is 13.3. The second kappa shape index (κ2) is 9.25. The number of methoxy groups -OCH3 is 1. The molecule has 0 spiro atoms. The molecule has 0 unspecified atom stereocenters. The summed E-state index contributed by atoms with van der Waals surface area (Å²) in [6.45, 7) is 11.4. The Morgan fingerprint density at radius 1 is 1.26 bits per heavy atom. The molecule has 0 aliphatic rings. The van der Waals surface area contributed by atoms with Crippen molar-refractivity contribution in [3.63, 3.8) is 0 Å². The Bertz CT molecular complexity index is 584. The number of aryl methyl sites for hydroxylation is 1. The minimum atomic E-state index is -3.57. The highest BCUT2D eigenvalue weighted by Gasteiger charge is 2.22. The van der Waals surface area contributed by atoms with Gasteiger partial charge in [-0.3, -0.25) is 0 Å². The van der Waals surface area contributed by atoms with Crippen molar-refractivity contribution in [2.75, 3.05) is 26.7 Å². The molecule has 0 saturated heterocycles. The standard InChI is InChI=1S/C17H30N2O3S/c1-6-19(7-2)12-8-9-15(4)18-23(20,21)17-13-14(3)10-11-16(17)22-5/h10-11,13,15,18H,6-9,12H2,1-5H3/p+1/t15-/m1/s1. The molecule has 0 aromatic heterocycles. The fourth-order valence-corrected chi connectivity index (χ4v) is 4.17. The van der Waals surface area contributed by atoms with E-state index >= 15 is 0 Å². The first kappa shape index (κ1) is 19.9. The molecule has 0 heterocycles. The maximum atomic E-state index is 12.6. The lowest BCUT2D eigenvalue weighted by Crippen LogP contribution is -3.11. The molecule has 0 fully saturated rings. The zero-order valence-electron chi connectivity index (χ0n) is 15.0. The Morgan fingerprint density at radius 2 is 1.91 bits per heavy atom. The lowest BCUT2D eigenvalue weighted by atomic mass is 10.2. The monoisotopic (exact) mass is 343 g/mol. The third-order valence-electron chi connectivity index (χ3n) is 4.13. The third-order valence-corrected chi connectivity index (χ3v) is 5.74. The van der Waals surface area contributed by atoms with E-state index in [1.165, 1.54) is 7.11 Å². The predicted molar refractivity (Wildman–Crippen MR) is 93.7 cm³/mol. The fourth-order valence-electron chi connectivity index (χ4n) is 2.64. The van der Waals surface area contributed by atoms with Gasteiger partial charge in [0, 0.05) is 6.04 Å². The van der Waals surface area contributed by atoms with Gasteiger partial charge in [-0.05, 0) is 58.2 Å². The number of hydrogen-bond acceptors (Lipinski definition) is 3. The Labute approximate surface area is 141 Å². The van der Waals surface area contributed by atoms with Crippen LogP contribution in [-0.2, 0) is 10.0 Å². The maximum absolute atomic E-state index is 12.6. The molecule has 2 N–H and O–H groups in total. The van der Waals surface area contributed by atoms with E-state index in [1.54, 1.807) is 17.0 Å². The number of hydrogen-bond donors (Lipinski definition) is 2. The number of sulfonamides is 1. The molecule has 0 aliphatic heterocycles. The average Bonchev–Trinajstić information content (AvgIpc) is 2.51. The predicted octanol–water partition coefficient (Wildman–Crippen LogP) is 1.38. The highest BCUT2D eigenvalue weighted by Crippen LogP contribution is 2.24. The summed E-state index contributed by atoms with van der Waals surface area (Å²) in [5.41, 5.74) is 0.893. The molecular formula is C17H31N2O3S+. The van der Waals surface area contributed by atoms with Crippen LogP contribution in [0.5, 0.6) is 5.75 Å². The molecule has 132 valence electrons. The number of benzene rings is 1. The topological polar surface area (TPSA) is 59.8 Å². The first-order valence-electron chi connectivity index (χ1n) is 8.34. The van der Waals surface area contributed by atoms with Crippen LogP contribution in [0.4, 0.5) is 0 Å². The van der Waals surface area contributed by atoms with Gasteiger partial charge in [0.15, 0.2) is 0 Å². The molecule has 5 nitrogen and oxygen atoms in total. The largest absolute Gasteiger partial charge is 0.495 e. The van der Waals surface area contributed by atoms with Crippen molar-refractivity contribution in [2.45, 2.75) is 51.5 Å². The number of rotatable bonds is 10. The molecule has 23 heavy (non-hydrogen) atoms. The summed E-state index contributed by atoms with van der Waals surface area (Å²) < 4.78 is 33.1. The first-order chi connectivity index (χ1) is 10.8. The summed E-state index contributed by atoms with van der Waals surface area (Å²) in [4.78, 5) is 1.75. The van der Waals surface area contributed by atoms with Gasteiger partial charge in [0.1, 0.15) is 10.6 Å². The van der Waals surface area contributed by atoms with Crippen LogP contribution in [-0.4, -0.2) is 41.2 Å². The summed E-state index contributed by atoms with van der Waals surface area (Å²) in [5, 5.41) is 0. The van der Waals surface area contributed by atoms with Crippen molar-refractivity contribution < 1.29 is 18.1 Å². The van der Waals surface area contributed by atoms with Gasteiger partial charge >= 0.3 is 0 Å². The fraction of sp³-hybridized carbons (Fsp3) is 0.647. The molecule has 0 aliphatic carbocycles. The molecular weight excluding hydrogens is 312 g/mol. The number of quaternary nitrogens is 1. The molecule has 1 rings (SSSR count). The Morgan fingerprint density at radius 3 is 2.48 bits per heavy atom. The summed E-state index contributed by atoms with van der Waals surface area (Å²) in [6, 6.07) is 5.08. The maximum Gasteiger partial charge on any atom is 0.244 e. The zero-order valence-corrected chi connectivity index (χ0v) is 15.8. The van der Waals surface area contributed by atoms with Crippen LogP contribution < -0.4 is 14.4 Å². The van der Waals surface area contributed by atoms with Crippen LogP contribution in [0.1, 0.15) is 39.2 Å². The highest BCUT2D eigenvalue weighted by atomic mass is 32.2. The molecule has 0 saturated carbocycles. The van der Waals surface area contributed by atoms with E-state index in [9.17, 15) is 8.42 Å². The highest BCUT2D eigenvalue weighted by molar-refractivity contribution is 7.89. The van der Waals surface area contributed by atoms with Gasteiger partial charge in [0.2, 0.25) is 10.0 Å².